The molecule has 0 spiro atoms. The molecule has 1 aromatic carbocycles. The van der Waals surface area contributed by atoms with Gasteiger partial charge in [-0.15, -0.1) is 0 Å². The molecule has 194 valence electrons. The molecule has 2 aromatic rings. The number of amides is 1. The van der Waals surface area contributed by atoms with Crippen LogP contribution in [-0.4, -0.2) is 35.6 Å². The molecule has 0 N–H and O–H groups in total. The third-order valence-corrected chi connectivity index (χ3v) is 8.73. The average molecular weight is 546 g/mol. The van der Waals surface area contributed by atoms with E-state index in [9.17, 15) is 39.6 Å². The Labute approximate surface area is 203 Å². The van der Waals surface area contributed by atoms with Gasteiger partial charge in [0.1, 0.15) is 10.7 Å². The van der Waals surface area contributed by atoms with Gasteiger partial charge in [0.05, 0.1) is 15.2 Å². The molecule has 6 nitrogen and oxygen atoms in total. The van der Waals surface area contributed by atoms with E-state index in [2.05, 4.69) is 9.97 Å². The summed E-state index contributed by atoms with van der Waals surface area (Å²) in [4.78, 5) is 20.3. The predicted molar refractivity (Wildman–Crippen MR) is 117 cm³/mol. The summed E-state index contributed by atoms with van der Waals surface area (Å²) in [5, 5.41) is -0.889. The molecule has 0 unspecified atom stereocenters. The number of hydrogen-bond donors (Lipinski definition) is 0. The number of carbonyl (C=O) groups excluding carboxylic acids is 1. The second-order valence-electron chi connectivity index (χ2n) is 8.24. The van der Waals surface area contributed by atoms with Gasteiger partial charge in [0.15, 0.2) is 9.84 Å². The first-order chi connectivity index (χ1) is 15.5. The van der Waals surface area contributed by atoms with Crippen molar-refractivity contribution in [2.75, 3.05) is 11.4 Å². The minimum atomic E-state index is -4.78. The Morgan fingerprint density at radius 2 is 1.71 bits per heavy atom. The molecule has 0 bridgehead atoms. The molecule has 3 rings (SSSR count). The van der Waals surface area contributed by atoms with Gasteiger partial charge in [-0.25, -0.2) is 13.4 Å². The maximum absolute atomic E-state index is 13.2. The third-order valence-electron chi connectivity index (χ3n) is 5.85. The summed E-state index contributed by atoms with van der Waals surface area (Å²) in [6.07, 6.45) is -9.33. The fraction of sp³-hybridized carbons (Fsp3) is 0.476. The van der Waals surface area contributed by atoms with Crippen molar-refractivity contribution in [3.63, 3.8) is 0 Å². The second-order valence-corrected chi connectivity index (χ2v) is 11.1. The van der Waals surface area contributed by atoms with Gasteiger partial charge in [0.2, 0.25) is 11.9 Å². The first kappa shape index (κ1) is 28.8. The maximum Gasteiger partial charge on any atom is 0.420 e. The van der Waals surface area contributed by atoms with E-state index < -0.39 is 59.9 Å². The lowest BCUT2D eigenvalue weighted by Gasteiger charge is -2.39. The van der Waals surface area contributed by atoms with Crippen LogP contribution >= 0.6 is 11.6 Å². The first-order valence-corrected chi connectivity index (χ1v) is 11.6. The normalized spacial score (nSPS) is 17.8. The van der Waals surface area contributed by atoms with Crippen LogP contribution in [-0.2, 0) is 27.0 Å². The monoisotopic (exact) mass is 545 g/mol. The number of rotatable bonds is 4. The highest BCUT2D eigenvalue weighted by molar-refractivity contribution is 7.92. The zero-order valence-electron chi connectivity index (χ0n) is 17.7. The quantitative estimate of drug-likeness (QED) is 0.358. The lowest BCUT2D eigenvalue weighted by atomic mass is 9.85. The van der Waals surface area contributed by atoms with E-state index >= 15 is 0 Å². The van der Waals surface area contributed by atoms with Crippen molar-refractivity contribution in [1.29, 1.82) is 0 Å². The molecule has 35 heavy (non-hydrogen) atoms. The van der Waals surface area contributed by atoms with Crippen LogP contribution in [0.1, 0.15) is 45.2 Å². The number of halogens is 7. The summed E-state index contributed by atoms with van der Waals surface area (Å²) in [7, 11) is -4.30. The van der Waals surface area contributed by atoms with E-state index in [1.807, 2.05) is 0 Å². The Bertz CT molecular complexity index is 1220. The molecule has 1 aliphatic rings. The molecular weight excluding hydrogens is 524 g/mol. The number of anilines is 1. The fourth-order valence-electron chi connectivity index (χ4n) is 3.67. The molecule has 0 radical (unpaired) electrons. The van der Waals surface area contributed by atoms with Crippen LogP contribution in [0.25, 0.3) is 0 Å². The van der Waals surface area contributed by atoms with E-state index in [1.54, 1.807) is 0 Å². The van der Waals surface area contributed by atoms with E-state index in [-0.39, 0.29) is 32.8 Å². The summed E-state index contributed by atoms with van der Waals surface area (Å²) in [6.45, 7) is 2.52. The Kier molecular flexibility index (Phi) is 7.88. The van der Waals surface area contributed by atoms with Crippen LogP contribution in [0.2, 0.25) is 5.15 Å². The molecule has 1 atom stereocenters. The lowest BCUT2D eigenvalue weighted by molar-refractivity contribution is -0.138. The van der Waals surface area contributed by atoms with Crippen molar-refractivity contribution in [2.24, 2.45) is 5.92 Å². The number of alkyl halides is 6. The summed E-state index contributed by atoms with van der Waals surface area (Å²) in [5.41, 5.74) is -2.39. The molecule has 1 aliphatic heterocycles. The zero-order chi connectivity index (χ0) is 25.7. The highest BCUT2D eigenvalue weighted by Crippen LogP contribution is 2.41. The number of benzene rings is 1. The van der Waals surface area contributed by atoms with E-state index in [0.29, 0.717) is 12.3 Å². The van der Waals surface area contributed by atoms with Gasteiger partial charge in [-0.05, 0) is 44.4 Å². The number of nitrogens with zero attached hydrogens (tertiary/aromatic N) is 3. The summed E-state index contributed by atoms with van der Waals surface area (Å²) < 4.78 is 103. The molecule has 1 saturated heterocycles. The fourth-order valence-corrected chi connectivity index (χ4v) is 5.69. The van der Waals surface area contributed by atoms with Gasteiger partial charge >= 0.3 is 12.4 Å². The summed E-state index contributed by atoms with van der Waals surface area (Å²) in [6, 6.07) is 3.35. The van der Waals surface area contributed by atoms with Crippen LogP contribution in [0.4, 0.5) is 32.3 Å². The van der Waals surface area contributed by atoms with Crippen molar-refractivity contribution in [3.8, 4) is 0 Å². The van der Waals surface area contributed by atoms with Crippen molar-refractivity contribution >= 4 is 33.3 Å². The average Bonchev–Trinajstić information content (AvgIpc) is 2.72. The van der Waals surface area contributed by atoms with Crippen LogP contribution in [0.5, 0.6) is 0 Å². The van der Waals surface area contributed by atoms with Crippen LogP contribution in [0.3, 0.4) is 0 Å². The predicted octanol–water partition coefficient (Wildman–Crippen LogP) is 5.80. The van der Waals surface area contributed by atoms with Gasteiger partial charge in [0, 0.05) is 19.2 Å². The summed E-state index contributed by atoms with van der Waals surface area (Å²) in [5.74, 6) is -1.81. The lowest BCUT2D eigenvalue weighted by Crippen LogP contribution is -2.49. The highest BCUT2D eigenvalue weighted by Gasteiger charge is 2.47. The number of hydrogen-bond acceptors (Lipinski definition) is 5. The topological polar surface area (TPSA) is 80.2 Å². The number of carbonyl (C=O) groups is 1. The molecule has 1 fully saturated rings. The van der Waals surface area contributed by atoms with E-state index in [0.717, 1.165) is 23.1 Å². The zero-order valence-corrected chi connectivity index (χ0v) is 19.3. The standard InChI is InChI=1S/C20H18ClF6N3O3S.CH4/c1-18(2,34(32,33)13-5-3-4-12(8-13)19(22,23)24)11-6-7-30(15(31)9-11)17-28-10-14(16(21)29-17)20(25,26)27;/h3-5,8,10-11H,6-7,9H2,1-2H3;1H4/t11-;/m1./s1. The minimum Gasteiger partial charge on any atom is -0.281 e. The Morgan fingerprint density at radius 1 is 1.09 bits per heavy atom. The SMILES string of the molecule is C.CC(C)([C@@H]1CCN(c2ncc(C(F)(F)F)c(Cl)n2)C(=O)C1)S(=O)(=O)c1cccc(C(F)(F)F)c1. The molecule has 0 saturated carbocycles. The highest BCUT2D eigenvalue weighted by atomic mass is 35.5. The largest absolute Gasteiger partial charge is 0.420 e. The molecule has 1 amide bonds. The molecule has 1 aromatic heterocycles. The second kappa shape index (κ2) is 9.57. The van der Waals surface area contributed by atoms with Gasteiger partial charge in [0.25, 0.3) is 0 Å². The Morgan fingerprint density at radius 3 is 2.23 bits per heavy atom. The van der Waals surface area contributed by atoms with Crippen molar-refractivity contribution < 1.29 is 39.6 Å². The van der Waals surface area contributed by atoms with E-state index in [4.69, 9.17) is 11.6 Å². The molecule has 2 heterocycles. The van der Waals surface area contributed by atoms with Gasteiger partial charge in [-0.2, -0.15) is 31.3 Å². The smallest absolute Gasteiger partial charge is 0.281 e. The van der Waals surface area contributed by atoms with Crippen molar-refractivity contribution in [3.05, 3.63) is 46.7 Å². The van der Waals surface area contributed by atoms with Crippen molar-refractivity contribution in [1.82, 2.24) is 9.97 Å². The molecule has 0 aliphatic carbocycles. The van der Waals surface area contributed by atoms with Crippen LogP contribution in [0, 0.1) is 5.92 Å². The number of sulfone groups is 1. The number of aromatic nitrogens is 2. The third kappa shape index (κ3) is 5.55. The van der Waals surface area contributed by atoms with Crippen LogP contribution < -0.4 is 4.90 Å². The maximum atomic E-state index is 13.2. The molecule has 14 heteroatoms. The van der Waals surface area contributed by atoms with Gasteiger partial charge in [-0.3, -0.25) is 9.69 Å². The van der Waals surface area contributed by atoms with Gasteiger partial charge < -0.3 is 0 Å². The Balaban J connectivity index is 0.00000432. The van der Waals surface area contributed by atoms with Crippen molar-refractivity contribution in [2.45, 2.75) is 56.1 Å². The first-order valence-electron chi connectivity index (χ1n) is 9.78. The van der Waals surface area contributed by atoms with Gasteiger partial charge in [-0.1, -0.05) is 25.1 Å². The minimum absolute atomic E-state index is 0. The Hall–Kier alpha value is -2.41. The molecular formula is C21H22ClF6N3O3S. The summed E-state index contributed by atoms with van der Waals surface area (Å²) >= 11 is 5.59. The van der Waals surface area contributed by atoms with E-state index in [1.165, 1.54) is 13.8 Å². The van der Waals surface area contributed by atoms with Crippen LogP contribution in [0.15, 0.2) is 35.4 Å². The number of piperidine rings is 1.